The van der Waals surface area contributed by atoms with Crippen LogP contribution in [0.15, 0.2) is 18.2 Å². The van der Waals surface area contributed by atoms with E-state index >= 15 is 0 Å². The largest absolute Gasteiger partial charge is 0.452 e. The van der Waals surface area contributed by atoms with Crippen molar-refractivity contribution >= 4 is 27.6 Å². The van der Waals surface area contributed by atoms with E-state index in [2.05, 4.69) is 19.2 Å². The molecule has 1 aliphatic heterocycles. The van der Waals surface area contributed by atoms with Crippen LogP contribution in [0, 0.1) is 11.8 Å². The molecule has 1 heterocycles. The van der Waals surface area contributed by atoms with Gasteiger partial charge in [0.05, 0.1) is 17.5 Å². The SMILES string of the molecule is C[C@@H]1[C@H](C)CCC[C@H]1NC(=O)COC(=O)c1ccc2c(c1)CCN2S(C)(=O)=O. The van der Waals surface area contributed by atoms with Crippen molar-refractivity contribution in [3.8, 4) is 0 Å². The lowest BCUT2D eigenvalue weighted by Gasteiger charge is -2.34. The second kappa shape index (κ2) is 8.11. The number of benzene rings is 1. The molecule has 3 rings (SSSR count). The second-order valence-corrected chi connectivity index (χ2v) is 9.85. The molecular formula is C20H28N2O5S. The van der Waals surface area contributed by atoms with E-state index in [1.165, 1.54) is 16.8 Å². The minimum absolute atomic E-state index is 0.122. The van der Waals surface area contributed by atoms with Crippen molar-refractivity contribution < 1.29 is 22.7 Å². The van der Waals surface area contributed by atoms with Crippen LogP contribution in [-0.4, -0.2) is 45.7 Å². The summed E-state index contributed by atoms with van der Waals surface area (Å²) in [5.74, 6) is 0.104. The highest BCUT2D eigenvalue weighted by Gasteiger charge is 2.29. The van der Waals surface area contributed by atoms with Crippen molar-refractivity contribution in [2.75, 3.05) is 23.7 Å². The molecule has 0 aromatic heterocycles. The van der Waals surface area contributed by atoms with Gasteiger partial charge < -0.3 is 10.1 Å². The second-order valence-electron chi connectivity index (χ2n) is 7.95. The fraction of sp³-hybridized carbons (Fsp3) is 0.600. The Bertz CT molecular complexity index is 867. The third-order valence-corrected chi connectivity index (χ3v) is 7.14. The molecule has 1 N–H and O–H groups in total. The smallest absolute Gasteiger partial charge is 0.338 e. The topological polar surface area (TPSA) is 92.8 Å². The summed E-state index contributed by atoms with van der Waals surface area (Å²) < 4.78 is 30.1. The number of esters is 1. The number of anilines is 1. The van der Waals surface area contributed by atoms with Crippen LogP contribution >= 0.6 is 0 Å². The maximum Gasteiger partial charge on any atom is 0.338 e. The summed E-state index contributed by atoms with van der Waals surface area (Å²) in [6.07, 6.45) is 4.93. The lowest BCUT2D eigenvalue weighted by molar-refractivity contribution is -0.125. The summed E-state index contributed by atoms with van der Waals surface area (Å²) in [6.45, 7) is 4.39. The zero-order valence-electron chi connectivity index (χ0n) is 16.6. The van der Waals surface area contributed by atoms with Crippen LogP contribution in [0.25, 0.3) is 0 Å². The summed E-state index contributed by atoms with van der Waals surface area (Å²) >= 11 is 0. The van der Waals surface area contributed by atoms with Gasteiger partial charge in [-0.1, -0.05) is 26.7 Å². The number of amides is 1. The molecule has 154 valence electrons. The van der Waals surface area contributed by atoms with Crippen molar-refractivity contribution in [3.63, 3.8) is 0 Å². The number of nitrogens with zero attached hydrogens (tertiary/aromatic N) is 1. The molecule has 1 fully saturated rings. The number of ether oxygens (including phenoxy) is 1. The molecule has 1 aromatic carbocycles. The molecule has 28 heavy (non-hydrogen) atoms. The highest BCUT2D eigenvalue weighted by atomic mass is 32.2. The zero-order chi connectivity index (χ0) is 20.5. The van der Waals surface area contributed by atoms with E-state index in [1.54, 1.807) is 12.1 Å². The summed E-state index contributed by atoms with van der Waals surface area (Å²) in [5.41, 5.74) is 1.70. The Hall–Kier alpha value is -2.09. The van der Waals surface area contributed by atoms with Crippen molar-refractivity contribution in [2.45, 2.75) is 45.6 Å². The molecule has 1 saturated carbocycles. The van der Waals surface area contributed by atoms with Gasteiger partial charge in [-0.15, -0.1) is 0 Å². The Balaban J connectivity index is 1.56. The van der Waals surface area contributed by atoms with Gasteiger partial charge in [-0.25, -0.2) is 13.2 Å². The van der Waals surface area contributed by atoms with Gasteiger partial charge in [-0.2, -0.15) is 0 Å². The molecule has 0 saturated heterocycles. The summed E-state index contributed by atoms with van der Waals surface area (Å²) in [7, 11) is -3.33. The maximum absolute atomic E-state index is 12.3. The monoisotopic (exact) mass is 408 g/mol. The van der Waals surface area contributed by atoms with Crippen LogP contribution < -0.4 is 9.62 Å². The average Bonchev–Trinajstić information content (AvgIpc) is 3.07. The molecule has 1 aliphatic carbocycles. The minimum Gasteiger partial charge on any atom is -0.452 e. The Morgan fingerprint density at radius 3 is 2.71 bits per heavy atom. The Morgan fingerprint density at radius 1 is 1.25 bits per heavy atom. The summed E-state index contributed by atoms with van der Waals surface area (Å²) in [5, 5.41) is 2.98. The first kappa shape index (κ1) is 20.6. The maximum atomic E-state index is 12.3. The normalized spacial score (nSPS) is 24.5. The molecule has 2 aliphatic rings. The molecule has 0 radical (unpaired) electrons. The number of hydrogen-bond donors (Lipinski definition) is 1. The predicted octanol–water partition coefficient (Wildman–Crippen LogP) is 2.11. The van der Waals surface area contributed by atoms with Crippen molar-refractivity contribution in [2.24, 2.45) is 11.8 Å². The molecule has 1 amide bonds. The van der Waals surface area contributed by atoms with E-state index in [-0.39, 0.29) is 18.6 Å². The summed E-state index contributed by atoms with van der Waals surface area (Å²) in [6, 6.07) is 4.92. The average molecular weight is 409 g/mol. The van der Waals surface area contributed by atoms with Crippen LogP contribution in [0.4, 0.5) is 5.69 Å². The lowest BCUT2D eigenvalue weighted by Crippen LogP contribution is -2.45. The number of rotatable bonds is 5. The van der Waals surface area contributed by atoms with E-state index in [0.717, 1.165) is 24.7 Å². The van der Waals surface area contributed by atoms with Gasteiger partial charge in [0.25, 0.3) is 5.91 Å². The minimum atomic E-state index is -3.33. The van der Waals surface area contributed by atoms with Gasteiger partial charge >= 0.3 is 5.97 Å². The first-order valence-corrected chi connectivity index (χ1v) is 11.6. The third-order valence-electron chi connectivity index (χ3n) is 5.96. The standard InChI is InChI=1S/C20H28N2O5S/c1-13-5-4-6-17(14(13)2)21-19(23)12-27-20(24)16-7-8-18-15(11-16)9-10-22(18)28(3,25)26/h7-8,11,13-14,17H,4-6,9-10,12H2,1-3H3,(H,21,23)/t13-,14-,17-/m1/s1. The quantitative estimate of drug-likeness (QED) is 0.753. The number of carbonyl (C=O) groups is 2. The number of hydrogen-bond acceptors (Lipinski definition) is 5. The van der Waals surface area contributed by atoms with E-state index in [0.29, 0.717) is 36.1 Å². The van der Waals surface area contributed by atoms with Gasteiger partial charge in [0.2, 0.25) is 10.0 Å². The van der Waals surface area contributed by atoms with Gasteiger partial charge in [0, 0.05) is 12.6 Å². The predicted molar refractivity (Wildman–Crippen MR) is 107 cm³/mol. The molecule has 0 unspecified atom stereocenters. The Morgan fingerprint density at radius 2 is 2.00 bits per heavy atom. The molecule has 1 aromatic rings. The molecular weight excluding hydrogens is 380 g/mol. The van der Waals surface area contributed by atoms with Crippen LogP contribution in [0.2, 0.25) is 0 Å². The van der Waals surface area contributed by atoms with Crippen LogP contribution in [0.3, 0.4) is 0 Å². The molecule has 0 spiro atoms. The molecule has 0 bridgehead atoms. The van der Waals surface area contributed by atoms with Crippen LogP contribution in [0.1, 0.15) is 49.0 Å². The van der Waals surface area contributed by atoms with Crippen LogP contribution in [0.5, 0.6) is 0 Å². The van der Waals surface area contributed by atoms with Gasteiger partial charge in [-0.3, -0.25) is 9.10 Å². The first-order chi connectivity index (χ1) is 13.2. The molecule has 7 nitrogen and oxygen atoms in total. The third kappa shape index (κ3) is 4.48. The highest BCUT2D eigenvalue weighted by molar-refractivity contribution is 7.92. The van der Waals surface area contributed by atoms with Crippen molar-refractivity contribution in [1.82, 2.24) is 5.32 Å². The number of carbonyl (C=O) groups excluding carboxylic acids is 2. The fourth-order valence-electron chi connectivity index (χ4n) is 4.09. The van der Waals surface area contributed by atoms with Gasteiger partial charge in [0.15, 0.2) is 6.61 Å². The van der Waals surface area contributed by atoms with E-state index in [1.807, 2.05) is 0 Å². The van der Waals surface area contributed by atoms with Gasteiger partial charge in [-0.05, 0) is 48.4 Å². The van der Waals surface area contributed by atoms with Crippen molar-refractivity contribution in [1.29, 1.82) is 0 Å². The van der Waals surface area contributed by atoms with Crippen LogP contribution in [-0.2, 0) is 26.0 Å². The van der Waals surface area contributed by atoms with E-state index < -0.39 is 16.0 Å². The Kier molecular flexibility index (Phi) is 5.98. The molecule has 8 heteroatoms. The Labute approximate surface area is 166 Å². The highest BCUT2D eigenvalue weighted by Crippen LogP contribution is 2.31. The number of fused-ring (bicyclic) bond motifs is 1. The van der Waals surface area contributed by atoms with Gasteiger partial charge in [0.1, 0.15) is 0 Å². The van der Waals surface area contributed by atoms with E-state index in [4.69, 9.17) is 4.74 Å². The summed E-state index contributed by atoms with van der Waals surface area (Å²) in [4.78, 5) is 24.5. The fourth-order valence-corrected chi connectivity index (χ4v) is 5.05. The molecule has 3 atom stereocenters. The number of sulfonamides is 1. The lowest BCUT2D eigenvalue weighted by atomic mass is 9.78. The van der Waals surface area contributed by atoms with E-state index in [9.17, 15) is 18.0 Å². The van der Waals surface area contributed by atoms with Crippen molar-refractivity contribution in [3.05, 3.63) is 29.3 Å². The zero-order valence-corrected chi connectivity index (χ0v) is 17.4. The first-order valence-electron chi connectivity index (χ1n) is 9.74. The number of nitrogens with one attached hydrogen (secondary N) is 1.